The molecule has 0 aromatic rings. The third-order valence-electron chi connectivity index (χ3n) is 2.13. The van der Waals surface area contributed by atoms with E-state index in [0.717, 1.165) is 19.7 Å². The highest BCUT2D eigenvalue weighted by Crippen LogP contribution is 2.07. The Hall–Kier alpha value is 0.270. The summed E-state index contributed by atoms with van der Waals surface area (Å²) < 4.78 is 5.73. The van der Waals surface area contributed by atoms with Crippen LogP contribution in [0.3, 0.4) is 0 Å². The van der Waals surface area contributed by atoms with E-state index >= 15 is 0 Å². The zero-order valence-corrected chi connectivity index (χ0v) is 8.66. The molecule has 1 fully saturated rings. The van der Waals surface area contributed by atoms with Crippen molar-refractivity contribution in [3.05, 3.63) is 0 Å². The molecule has 0 aliphatic carbocycles. The van der Waals surface area contributed by atoms with Crippen molar-refractivity contribution in [2.75, 3.05) is 31.7 Å². The van der Waals surface area contributed by atoms with Crippen LogP contribution in [0.4, 0.5) is 0 Å². The predicted molar refractivity (Wildman–Crippen MR) is 54.8 cm³/mol. The number of rotatable bonds is 5. The Kier molecular flexibility index (Phi) is 5.82. The molecule has 1 heterocycles. The molecule has 1 aliphatic heterocycles. The Morgan fingerprint density at radius 2 is 2.17 bits per heavy atom. The molecule has 1 aliphatic rings. The van der Waals surface area contributed by atoms with Gasteiger partial charge in [0, 0.05) is 6.61 Å². The highest BCUT2D eigenvalue weighted by molar-refractivity contribution is 7.98. The van der Waals surface area contributed by atoms with Crippen LogP contribution in [0.2, 0.25) is 0 Å². The first kappa shape index (κ1) is 10.4. The van der Waals surface area contributed by atoms with Crippen LogP contribution in [-0.4, -0.2) is 37.8 Å². The van der Waals surface area contributed by atoms with E-state index in [1.54, 1.807) is 0 Å². The first-order valence-corrected chi connectivity index (χ1v) is 6.14. The van der Waals surface area contributed by atoms with Gasteiger partial charge in [0.25, 0.3) is 0 Å². The van der Waals surface area contributed by atoms with Crippen LogP contribution in [0.1, 0.15) is 19.3 Å². The van der Waals surface area contributed by atoms with E-state index in [9.17, 15) is 0 Å². The summed E-state index contributed by atoms with van der Waals surface area (Å²) in [5.41, 5.74) is 0. The molecule has 0 saturated carbocycles. The third-order valence-corrected chi connectivity index (χ3v) is 2.83. The second-order valence-electron chi connectivity index (χ2n) is 3.17. The Balaban J connectivity index is 1.91. The maximum Gasteiger partial charge on any atom is 0.0599 e. The van der Waals surface area contributed by atoms with E-state index in [0.29, 0.717) is 6.10 Å². The molecule has 1 saturated heterocycles. The number of nitrogens with one attached hydrogen (secondary N) is 1. The number of hydrogen-bond acceptors (Lipinski definition) is 3. The van der Waals surface area contributed by atoms with Crippen LogP contribution < -0.4 is 5.32 Å². The van der Waals surface area contributed by atoms with E-state index in [1.807, 2.05) is 11.8 Å². The highest BCUT2D eigenvalue weighted by Gasteiger charge is 2.12. The number of hydrogen-bond donors (Lipinski definition) is 1. The maximum absolute atomic E-state index is 5.73. The summed E-state index contributed by atoms with van der Waals surface area (Å²) in [5, 5.41) is 3.33. The van der Waals surface area contributed by atoms with E-state index < -0.39 is 0 Å². The fourth-order valence-corrected chi connectivity index (χ4v) is 1.82. The number of piperidine rings is 1. The van der Waals surface area contributed by atoms with Crippen LogP contribution in [0.25, 0.3) is 0 Å². The quantitative estimate of drug-likeness (QED) is 0.662. The molecular formula is C9H19NOS. The lowest BCUT2D eigenvalue weighted by Gasteiger charge is -2.22. The summed E-state index contributed by atoms with van der Waals surface area (Å²) >= 11 is 1.90. The van der Waals surface area contributed by atoms with Crippen molar-refractivity contribution in [2.24, 2.45) is 0 Å². The van der Waals surface area contributed by atoms with Crippen LogP contribution in [0.5, 0.6) is 0 Å². The lowest BCUT2D eigenvalue weighted by Crippen LogP contribution is -2.32. The molecule has 0 aromatic heterocycles. The van der Waals surface area contributed by atoms with Gasteiger partial charge in [0.15, 0.2) is 0 Å². The highest BCUT2D eigenvalue weighted by atomic mass is 32.2. The lowest BCUT2D eigenvalue weighted by atomic mass is 10.1. The molecule has 0 radical (unpaired) electrons. The van der Waals surface area contributed by atoms with Crippen LogP contribution in [0, 0.1) is 0 Å². The van der Waals surface area contributed by atoms with Crippen LogP contribution in [0.15, 0.2) is 0 Å². The van der Waals surface area contributed by atoms with Gasteiger partial charge in [0.2, 0.25) is 0 Å². The SMILES string of the molecule is CSCCCOC1CCNCC1. The largest absolute Gasteiger partial charge is 0.378 e. The van der Waals surface area contributed by atoms with Crippen molar-refractivity contribution in [1.29, 1.82) is 0 Å². The number of ether oxygens (including phenoxy) is 1. The summed E-state index contributed by atoms with van der Waals surface area (Å²) in [6.07, 6.45) is 6.27. The summed E-state index contributed by atoms with van der Waals surface area (Å²) in [5.74, 6) is 1.23. The molecule has 3 heteroatoms. The van der Waals surface area contributed by atoms with Gasteiger partial charge in [-0.15, -0.1) is 0 Å². The van der Waals surface area contributed by atoms with E-state index in [4.69, 9.17) is 4.74 Å². The van der Waals surface area contributed by atoms with Crippen molar-refractivity contribution < 1.29 is 4.74 Å². The fourth-order valence-electron chi connectivity index (χ4n) is 1.42. The monoisotopic (exact) mass is 189 g/mol. The minimum atomic E-state index is 0.535. The van der Waals surface area contributed by atoms with Gasteiger partial charge in [-0.05, 0) is 44.4 Å². The van der Waals surface area contributed by atoms with Gasteiger partial charge in [0.05, 0.1) is 6.10 Å². The lowest BCUT2D eigenvalue weighted by molar-refractivity contribution is 0.0338. The molecule has 0 amide bonds. The van der Waals surface area contributed by atoms with Gasteiger partial charge >= 0.3 is 0 Å². The molecule has 1 rings (SSSR count). The zero-order valence-electron chi connectivity index (χ0n) is 7.84. The minimum absolute atomic E-state index is 0.535. The Morgan fingerprint density at radius 3 is 2.83 bits per heavy atom. The topological polar surface area (TPSA) is 21.3 Å². The normalized spacial score (nSPS) is 19.8. The second kappa shape index (κ2) is 6.75. The second-order valence-corrected chi connectivity index (χ2v) is 4.15. The predicted octanol–water partition coefficient (Wildman–Crippen LogP) is 1.51. The Morgan fingerprint density at radius 1 is 1.42 bits per heavy atom. The minimum Gasteiger partial charge on any atom is -0.378 e. The maximum atomic E-state index is 5.73. The Bertz CT molecular complexity index is 105. The fraction of sp³-hybridized carbons (Fsp3) is 1.00. The van der Waals surface area contributed by atoms with E-state index in [1.165, 1.54) is 25.0 Å². The molecule has 0 atom stereocenters. The van der Waals surface area contributed by atoms with Crippen LogP contribution >= 0.6 is 11.8 Å². The average Bonchev–Trinajstić information content (AvgIpc) is 2.14. The van der Waals surface area contributed by atoms with Gasteiger partial charge in [-0.3, -0.25) is 0 Å². The molecule has 0 spiro atoms. The van der Waals surface area contributed by atoms with Gasteiger partial charge in [-0.25, -0.2) is 0 Å². The molecule has 2 nitrogen and oxygen atoms in total. The molecular weight excluding hydrogens is 170 g/mol. The van der Waals surface area contributed by atoms with Crippen molar-refractivity contribution in [2.45, 2.75) is 25.4 Å². The van der Waals surface area contributed by atoms with Gasteiger partial charge in [-0.2, -0.15) is 11.8 Å². The first-order valence-electron chi connectivity index (χ1n) is 4.74. The summed E-state index contributed by atoms with van der Waals surface area (Å²) in [6.45, 7) is 3.21. The molecule has 0 aromatic carbocycles. The van der Waals surface area contributed by atoms with Crippen molar-refractivity contribution >= 4 is 11.8 Å². The molecule has 0 unspecified atom stereocenters. The Labute approximate surface area is 79.4 Å². The number of thioether (sulfide) groups is 1. The van der Waals surface area contributed by atoms with E-state index in [2.05, 4.69) is 11.6 Å². The standard InChI is InChI=1S/C9H19NOS/c1-12-8-2-7-11-9-3-5-10-6-4-9/h9-10H,2-8H2,1H3. The molecule has 72 valence electrons. The summed E-state index contributed by atoms with van der Waals surface area (Å²) in [7, 11) is 0. The van der Waals surface area contributed by atoms with Crippen molar-refractivity contribution in [1.82, 2.24) is 5.32 Å². The molecule has 0 bridgehead atoms. The van der Waals surface area contributed by atoms with Crippen LogP contribution in [-0.2, 0) is 4.74 Å². The van der Waals surface area contributed by atoms with Gasteiger partial charge in [-0.1, -0.05) is 0 Å². The zero-order chi connectivity index (χ0) is 8.65. The smallest absolute Gasteiger partial charge is 0.0599 e. The van der Waals surface area contributed by atoms with Gasteiger partial charge in [0.1, 0.15) is 0 Å². The first-order chi connectivity index (χ1) is 5.93. The van der Waals surface area contributed by atoms with Crippen molar-refractivity contribution in [3.63, 3.8) is 0 Å². The molecule has 12 heavy (non-hydrogen) atoms. The third kappa shape index (κ3) is 4.33. The van der Waals surface area contributed by atoms with E-state index in [-0.39, 0.29) is 0 Å². The molecule has 1 N–H and O–H groups in total. The average molecular weight is 189 g/mol. The van der Waals surface area contributed by atoms with Gasteiger partial charge < -0.3 is 10.1 Å². The summed E-state index contributed by atoms with van der Waals surface area (Å²) in [4.78, 5) is 0. The van der Waals surface area contributed by atoms with Crippen molar-refractivity contribution in [3.8, 4) is 0 Å². The summed E-state index contributed by atoms with van der Waals surface area (Å²) in [6, 6.07) is 0.